The summed E-state index contributed by atoms with van der Waals surface area (Å²) < 4.78 is 1.52. The summed E-state index contributed by atoms with van der Waals surface area (Å²) in [7, 11) is 0. The first-order chi connectivity index (χ1) is 16.4. The van der Waals surface area contributed by atoms with Crippen molar-refractivity contribution in [2.24, 2.45) is 0 Å². The molecule has 6 heteroatoms. The molecule has 0 radical (unpaired) electrons. The quantitative estimate of drug-likeness (QED) is 0.262. The fraction of sp³-hybridized carbons (Fsp3) is 0.107. The second-order valence-corrected chi connectivity index (χ2v) is 8.30. The molecule has 1 heterocycles. The Labute approximate surface area is 201 Å². The Morgan fingerprint density at radius 1 is 0.971 bits per heavy atom. The van der Waals surface area contributed by atoms with Crippen molar-refractivity contribution in [3.63, 3.8) is 0 Å². The minimum absolute atomic E-state index is 0.153. The van der Waals surface area contributed by atoms with Crippen LogP contribution in [-0.4, -0.2) is 21.4 Å². The second kappa shape index (κ2) is 9.89. The van der Waals surface area contributed by atoms with Crippen LogP contribution in [0.4, 0.5) is 0 Å². The summed E-state index contributed by atoms with van der Waals surface area (Å²) >= 11 is 6.29. The summed E-state index contributed by atoms with van der Waals surface area (Å²) in [5.74, 6) is -1.20. The molecule has 34 heavy (non-hydrogen) atoms. The van der Waals surface area contributed by atoms with E-state index >= 15 is 0 Å². The number of rotatable bonds is 7. The van der Waals surface area contributed by atoms with Crippen LogP contribution in [0.2, 0.25) is 5.02 Å². The Balaban J connectivity index is 2.01. The number of ketones is 1. The highest BCUT2D eigenvalue weighted by Gasteiger charge is 2.22. The molecule has 4 rings (SSSR count). The first-order valence-electron chi connectivity index (χ1n) is 10.8. The molecule has 5 nitrogen and oxygen atoms in total. The van der Waals surface area contributed by atoms with Crippen molar-refractivity contribution in [1.82, 2.24) is 4.57 Å². The fourth-order valence-electron chi connectivity index (χ4n) is 4.07. The topological polar surface area (TPSA) is 76.4 Å². The van der Waals surface area contributed by atoms with Gasteiger partial charge in [0.05, 0.1) is 12.2 Å². The van der Waals surface area contributed by atoms with Gasteiger partial charge in [-0.15, -0.1) is 0 Å². The summed E-state index contributed by atoms with van der Waals surface area (Å²) in [6.45, 7) is 1.93. The van der Waals surface area contributed by atoms with Crippen molar-refractivity contribution in [2.75, 3.05) is 0 Å². The third kappa shape index (κ3) is 4.70. The van der Waals surface area contributed by atoms with E-state index in [1.807, 2.05) is 36.4 Å². The number of nitrogens with zero attached hydrogens (tertiary/aromatic N) is 1. The maximum atomic E-state index is 13.6. The number of benzene rings is 3. The van der Waals surface area contributed by atoms with Crippen molar-refractivity contribution in [1.29, 1.82) is 0 Å². The lowest BCUT2D eigenvalue weighted by Crippen LogP contribution is -2.28. The van der Waals surface area contributed by atoms with Crippen molar-refractivity contribution in [2.45, 2.75) is 19.9 Å². The van der Waals surface area contributed by atoms with Crippen LogP contribution < -0.4 is 5.56 Å². The van der Waals surface area contributed by atoms with Crippen LogP contribution in [-0.2, 0) is 11.3 Å². The number of aliphatic carboxylic acids is 1. The molecular weight excluding hydrogens is 450 g/mol. The van der Waals surface area contributed by atoms with Gasteiger partial charge >= 0.3 is 5.97 Å². The van der Waals surface area contributed by atoms with Gasteiger partial charge in [0.2, 0.25) is 0 Å². The van der Waals surface area contributed by atoms with Crippen molar-refractivity contribution in [3.8, 4) is 11.1 Å². The zero-order valence-electron chi connectivity index (χ0n) is 18.5. The van der Waals surface area contributed by atoms with Crippen molar-refractivity contribution in [3.05, 3.63) is 111 Å². The van der Waals surface area contributed by atoms with Crippen LogP contribution in [0.15, 0.2) is 83.7 Å². The molecule has 1 N–H and O–H groups in total. The molecule has 0 saturated carbocycles. The Morgan fingerprint density at radius 2 is 1.74 bits per heavy atom. The lowest BCUT2D eigenvalue weighted by molar-refractivity contribution is -0.131. The van der Waals surface area contributed by atoms with Crippen molar-refractivity contribution < 1.29 is 14.7 Å². The van der Waals surface area contributed by atoms with Crippen LogP contribution in [0.25, 0.3) is 28.0 Å². The number of carbonyl (C=O) groups is 2. The SMILES string of the molecule is CCC(=O)c1c(-c2ccccc2)c2cc(Cl)ccc2c(=O)n1Cc1cccc(/C=C/C(=O)O)c1. The van der Waals surface area contributed by atoms with Crippen LogP contribution in [0.3, 0.4) is 0 Å². The number of hydrogen-bond acceptors (Lipinski definition) is 3. The molecule has 0 atom stereocenters. The molecule has 170 valence electrons. The maximum absolute atomic E-state index is 13.6. The molecule has 0 spiro atoms. The monoisotopic (exact) mass is 471 g/mol. The first-order valence-corrected chi connectivity index (χ1v) is 11.2. The molecule has 0 amide bonds. The highest BCUT2D eigenvalue weighted by Crippen LogP contribution is 2.33. The Hall–Kier alpha value is -3.96. The molecule has 0 saturated heterocycles. The minimum atomic E-state index is -1.04. The smallest absolute Gasteiger partial charge is 0.328 e. The average molecular weight is 472 g/mol. The number of halogens is 1. The fourth-order valence-corrected chi connectivity index (χ4v) is 4.24. The van der Waals surface area contributed by atoms with Gasteiger partial charge in [-0.25, -0.2) is 4.79 Å². The molecule has 4 aromatic rings. The molecule has 0 bridgehead atoms. The third-order valence-corrected chi connectivity index (χ3v) is 5.83. The van der Waals surface area contributed by atoms with Gasteiger partial charge in [-0.3, -0.25) is 14.2 Å². The van der Waals surface area contributed by atoms with Gasteiger partial charge in [-0.1, -0.05) is 67.1 Å². The van der Waals surface area contributed by atoms with Gasteiger partial charge in [0, 0.05) is 28.5 Å². The van der Waals surface area contributed by atoms with E-state index < -0.39 is 5.97 Å². The standard InChI is InChI=1S/C28H22ClNO4/c1-2-24(31)27-26(20-9-4-3-5-10-20)23-16-21(29)12-13-22(23)28(34)30(27)17-19-8-6-7-18(15-19)11-14-25(32)33/h3-16H,2,17H2,1H3,(H,32,33)/b14-11+. The van der Waals surface area contributed by atoms with E-state index in [2.05, 4.69) is 0 Å². The maximum Gasteiger partial charge on any atom is 0.328 e. The first kappa shape index (κ1) is 23.2. The predicted octanol–water partition coefficient (Wildman–Crippen LogP) is 6.06. The summed E-state index contributed by atoms with van der Waals surface area (Å²) in [5.41, 5.74) is 3.00. The lowest BCUT2D eigenvalue weighted by Gasteiger charge is -2.19. The summed E-state index contributed by atoms with van der Waals surface area (Å²) in [6.07, 6.45) is 2.78. The number of aromatic nitrogens is 1. The summed E-state index contributed by atoms with van der Waals surface area (Å²) in [6, 6.07) is 21.8. The van der Waals surface area contributed by atoms with Gasteiger partial charge in [0.1, 0.15) is 0 Å². The van der Waals surface area contributed by atoms with Crippen LogP contribution in [0.5, 0.6) is 0 Å². The zero-order chi connectivity index (χ0) is 24.2. The number of pyridine rings is 1. The van der Waals surface area contributed by atoms with E-state index in [1.54, 1.807) is 43.3 Å². The van der Waals surface area contributed by atoms with Gasteiger partial charge in [0.25, 0.3) is 5.56 Å². The number of Topliss-reactive ketones (excluding diaryl/α,β-unsaturated/α-hetero) is 1. The van der Waals surface area contributed by atoms with Gasteiger partial charge in [-0.2, -0.15) is 0 Å². The predicted molar refractivity (Wildman–Crippen MR) is 135 cm³/mol. The highest BCUT2D eigenvalue weighted by atomic mass is 35.5. The molecule has 0 aliphatic carbocycles. The van der Waals surface area contributed by atoms with Gasteiger partial charge in [-0.05, 0) is 52.4 Å². The lowest BCUT2D eigenvalue weighted by atomic mass is 9.94. The molecule has 1 aromatic heterocycles. The van der Waals surface area contributed by atoms with Gasteiger partial charge in [0.15, 0.2) is 5.78 Å². The van der Waals surface area contributed by atoms with E-state index in [-0.39, 0.29) is 24.3 Å². The Kier molecular flexibility index (Phi) is 6.75. The normalized spacial score (nSPS) is 11.2. The summed E-state index contributed by atoms with van der Waals surface area (Å²) in [5, 5.41) is 10.5. The van der Waals surface area contributed by atoms with E-state index in [9.17, 15) is 14.4 Å². The average Bonchev–Trinajstić information content (AvgIpc) is 2.84. The molecule has 0 fully saturated rings. The summed E-state index contributed by atoms with van der Waals surface area (Å²) in [4.78, 5) is 37.8. The van der Waals surface area contributed by atoms with Crippen LogP contribution in [0, 0.1) is 0 Å². The Morgan fingerprint density at radius 3 is 2.44 bits per heavy atom. The minimum Gasteiger partial charge on any atom is -0.478 e. The molecule has 0 aliphatic heterocycles. The van der Waals surface area contributed by atoms with Crippen LogP contribution >= 0.6 is 11.6 Å². The van der Waals surface area contributed by atoms with Crippen LogP contribution in [0.1, 0.15) is 35.0 Å². The molecular formula is C28H22ClNO4. The molecule has 3 aromatic carbocycles. The number of carboxylic acid groups (broad SMARTS) is 1. The Bertz CT molecular complexity index is 1490. The third-order valence-electron chi connectivity index (χ3n) is 5.59. The molecule has 0 aliphatic rings. The number of carbonyl (C=O) groups excluding carboxylic acids is 1. The molecule has 0 unspecified atom stereocenters. The van der Waals surface area contributed by atoms with E-state index in [0.717, 1.165) is 17.2 Å². The zero-order valence-corrected chi connectivity index (χ0v) is 19.3. The number of hydrogen-bond donors (Lipinski definition) is 1. The second-order valence-electron chi connectivity index (χ2n) is 7.86. The number of fused-ring (bicyclic) bond motifs is 1. The largest absolute Gasteiger partial charge is 0.478 e. The number of carboxylic acids is 1. The van der Waals surface area contributed by atoms with E-state index in [1.165, 1.54) is 10.6 Å². The van der Waals surface area contributed by atoms with E-state index in [4.69, 9.17) is 16.7 Å². The highest BCUT2D eigenvalue weighted by molar-refractivity contribution is 6.31. The van der Waals surface area contributed by atoms with Gasteiger partial charge < -0.3 is 5.11 Å². The van der Waals surface area contributed by atoms with Crippen molar-refractivity contribution >= 4 is 40.2 Å². The van der Waals surface area contributed by atoms with E-state index in [0.29, 0.717) is 32.6 Å².